The van der Waals surface area contributed by atoms with Crippen LogP contribution in [0.15, 0.2) is 42.7 Å². The zero-order chi connectivity index (χ0) is 13.8. The number of carbonyl (C=O) groups excluding carboxylic acids is 1. The Morgan fingerprint density at radius 2 is 1.95 bits per heavy atom. The molecular formula is C12H10N4O3. The molecule has 3 N–H and O–H groups in total. The summed E-state index contributed by atoms with van der Waals surface area (Å²) in [7, 11) is 0. The van der Waals surface area contributed by atoms with E-state index < -0.39 is 10.8 Å². The van der Waals surface area contributed by atoms with Crippen LogP contribution in [0.2, 0.25) is 0 Å². The Labute approximate surface area is 108 Å². The van der Waals surface area contributed by atoms with Crippen LogP contribution >= 0.6 is 0 Å². The maximum absolute atomic E-state index is 11.9. The zero-order valence-corrected chi connectivity index (χ0v) is 9.74. The number of carbonyl (C=O) groups is 1. The van der Waals surface area contributed by atoms with E-state index >= 15 is 0 Å². The van der Waals surface area contributed by atoms with E-state index in [0.717, 1.165) is 0 Å². The number of nitro benzene ring substituents is 1. The first-order chi connectivity index (χ1) is 9.08. The van der Waals surface area contributed by atoms with Crippen molar-refractivity contribution in [2.75, 3.05) is 11.1 Å². The van der Waals surface area contributed by atoms with Gasteiger partial charge in [-0.2, -0.15) is 0 Å². The number of non-ortho nitro benzene ring substituents is 1. The maximum atomic E-state index is 11.9. The Hall–Kier alpha value is -2.96. The van der Waals surface area contributed by atoms with Gasteiger partial charge in [0.1, 0.15) is 0 Å². The molecule has 0 aliphatic rings. The van der Waals surface area contributed by atoms with Gasteiger partial charge < -0.3 is 11.1 Å². The Bertz CT molecular complexity index is 625. The Kier molecular flexibility index (Phi) is 3.37. The van der Waals surface area contributed by atoms with Gasteiger partial charge in [0.15, 0.2) is 0 Å². The van der Waals surface area contributed by atoms with Crippen molar-refractivity contribution in [3.63, 3.8) is 0 Å². The van der Waals surface area contributed by atoms with Crippen molar-refractivity contribution in [1.29, 1.82) is 0 Å². The highest BCUT2D eigenvalue weighted by atomic mass is 16.6. The number of aromatic nitrogens is 1. The molecule has 7 heteroatoms. The predicted molar refractivity (Wildman–Crippen MR) is 69.7 cm³/mol. The fourth-order valence-electron chi connectivity index (χ4n) is 1.46. The molecule has 0 aliphatic heterocycles. The number of benzene rings is 1. The van der Waals surface area contributed by atoms with Crippen LogP contribution in [0, 0.1) is 10.1 Å². The summed E-state index contributed by atoms with van der Waals surface area (Å²) in [6, 6.07) is 7.03. The highest BCUT2D eigenvalue weighted by Crippen LogP contribution is 2.17. The van der Waals surface area contributed by atoms with E-state index in [2.05, 4.69) is 10.3 Å². The molecule has 0 spiro atoms. The predicted octanol–water partition coefficient (Wildman–Crippen LogP) is 1.82. The molecule has 0 bridgehead atoms. The fraction of sp³-hybridized carbons (Fsp3) is 0. The first kappa shape index (κ1) is 12.5. The summed E-state index contributed by atoms with van der Waals surface area (Å²) in [6.07, 6.45) is 2.84. The van der Waals surface area contributed by atoms with Gasteiger partial charge in [-0.3, -0.25) is 19.9 Å². The molecule has 1 aromatic carbocycles. The second-order valence-corrected chi connectivity index (χ2v) is 3.72. The molecule has 0 saturated carbocycles. The SMILES string of the molecule is Nc1ccncc1C(=O)Nc1ccc([N+](=O)[O-])cc1. The number of pyridine rings is 1. The number of nitrogens with two attached hydrogens (primary N) is 1. The van der Waals surface area contributed by atoms with Crippen molar-refractivity contribution >= 4 is 23.0 Å². The van der Waals surface area contributed by atoms with Gasteiger partial charge in [-0.05, 0) is 18.2 Å². The number of hydrogen-bond acceptors (Lipinski definition) is 5. The molecule has 0 aliphatic carbocycles. The summed E-state index contributed by atoms with van der Waals surface area (Å²) >= 11 is 0. The molecular weight excluding hydrogens is 248 g/mol. The summed E-state index contributed by atoms with van der Waals surface area (Å²) in [5, 5.41) is 13.1. The summed E-state index contributed by atoms with van der Waals surface area (Å²) in [4.78, 5) is 25.7. The molecule has 1 heterocycles. The second kappa shape index (κ2) is 5.13. The van der Waals surface area contributed by atoms with Crippen LogP contribution in [0.3, 0.4) is 0 Å². The quantitative estimate of drug-likeness (QED) is 0.644. The van der Waals surface area contributed by atoms with Crippen LogP contribution in [0.4, 0.5) is 17.1 Å². The van der Waals surface area contributed by atoms with E-state index in [9.17, 15) is 14.9 Å². The lowest BCUT2D eigenvalue weighted by atomic mass is 10.2. The van der Waals surface area contributed by atoms with Crippen molar-refractivity contribution in [3.05, 3.63) is 58.4 Å². The number of amides is 1. The van der Waals surface area contributed by atoms with E-state index in [1.807, 2.05) is 0 Å². The average Bonchev–Trinajstić information content (AvgIpc) is 2.39. The van der Waals surface area contributed by atoms with Gasteiger partial charge in [0.2, 0.25) is 0 Å². The highest BCUT2D eigenvalue weighted by Gasteiger charge is 2.10. The minimum Gasteiger partial charge on any atom is -0.398 e. The molecule has 0 fully saturated rings. The smallest absolute Gasteiger partial charge is 0.269 e. The standard InChI is InChI=1S/C12H10N4O3/c13-11-5-6-14-7-10(11)12(17)15-8-1-3-9(4-2-8)16(18)19/h1-7H,(H2,13,14)(H,15,17). The third kappa shape index (κ3) is 2.83. The molecule has 2 rings (SSSR count). The van der Waals surface area contributed by atoms with Crippen LogP contribution in [0.25, 0.3) is 0 Å². The van der Waals surface area contributed by atoms with E-state index in [4.69, 9.17) is 5.73 Å². The van der Waals surface area contributed by atoms with Crippen molar-refractivity contribution in [1.82, 2.24) is 4.98 Å². The highest BCUT2D eigenvalue weighted by molar-refractivity contribution is 6.07. The Morgan fingerprint density at radius 1 is 1.26 bits per heavy atom. The number of anilines is 2. The molecule has 0 atom stereocenters. The van der Waals surface area contributed by atoms with E-state index in [1.54, 1.807) is 0 Å². The number of nitrogens with zero attached hydrogens (tertiary/aromatic N) is 2. The molecule has 1 amide bonds. The van der Waals surface area contributed by atoms with E-state index in [-0.39, 0.29) is 11.3 Å². The van der Waals surface area contributed by atoms with Crippen LogP contribution < -0.4 is 11.1 Å². The van der Waals surface area contributed by atoms with Crippen molar-refractivity contribution in [2.24, 2.45) is 0 Å². The first-order valence-corrected chi connectivity index (χ1v) is 5.33. The van der Waals surface area contributed by atoms with Gasteiger partial charge in [0, 0.05) is 35.9 Å². The van der Waals surface area contributed by atoms with Gasteiger partial charge >= 0.3 is 0 Å². The third-order valence-corrected chi connectivity index (χ3v) is 2.44. The molecule has 19 heavy (non-hydrogen) atoms. The number of rotatable bonds is 3. The van der Waals surface area contributed by atoms with Crippen molar-refractivity contribution in [2.45, 2.75) is 0 Å². The van der Waals surface area contributed by atoms with E-state index in [0.29, 0.717) is 11.4 Å². The van der Waals surface area contributed by atoms with Gasteiger partial charge in [0.25, 0.3) is 11.6 Å². The molecule has 2 aromatic rings. The number of nitrogen functional groups attached to an aromatic ring is 1. The largest absolute Gasteiger partial charge is 0.398 e. The number of nitro groups is 1. The molecule has 0 unspecified atom stereocenters. The molecule has 7 nitrogen and oxygen atoms in total. The monoisotopic (exact) mass is 258 g/mol. The third-order valence-electron chi connectivity index (χ3n) is 2.44. The summed E-state index contributed by atoms with van der Waals surface area (Å²) in [5.74, 6) is -0.417. The minimum absolute atomic E-state index is 0.0427. The summed E-state index contributed by atoms with van der Waals surface area (Å²) in [6.45, 7) is 0. The molecule has 0 radical (unpaired) electrons. The zero-order valence-electron chi connectivity index (χ0n) is 9.74. The van der Waals surface area contributed by atoms with Crippen LogP contribution in [0.1, 0.15) is 10.4 Å². The molecule has 1 aromatic heterocycles. The summed E-state index contributed by atoms with van der Waals surface area (Å²) in [5.41, 5.74) is 6.61. The van der Waals surface area contributed by atoms with Crippen LogP contribution in [-0.2, 0) is 0 Å². The average molecular weight is 258 g/mol. The lowest BCUT2D eigenvalue weighted by Crippen LogP contribution is -2.14. The number of nitrogens with one attached hydrogen (secondary N) is 1. The minimum atomic E-state index is -0.509. The van der Waals surface area contributed by atoms with Crippen molar-refractivity contribution < 1.29 is 9.72 Å². The molecule has 96 valence electrons. The lowest BCUT2D eigenvalue weighted by molar-refractivity contribution is -0.384. The van der Waals surface area contributed by atoms with Crippen LogP contribution in [-0.4, -0.2) is 15.8 Å². The van der Waals surface area contributed by atoms with Gasteiger partial charge in [0.05, 0.1) is 10.5 Å². The van der Waals surface area contributed by atoms with Gasteiger partial charge in [-0.25, -0.2) is 0 Å². The Balaban J connectivity index is 2.15. The van der Waals surface area contributed by atoms with Gasteiger partial charge in [-0.15, -0.1) is 0 Å². The Morgan fingerprint density at radius 3 is 2.53 bits per heavy atom. The number of hydrogen-bond donors (Lipinski definition) is 2. The second-order valence-electron chi connectivity index (χ2n) is 3.72. The topological polar surface area (TPSA) is 111 Å². The fourth-order valence-corrected chi connectivity index (χ4v) is 1.46. The maximum Gasteiger partial charge on any atom is 0.269 e. The molecule has 0 saturated heterocycles. The normalized spacial score (nSPS) is 9.89. The van der Waals surface area contributed by atoms with E-state index in [1.165, 1.54) is 42.7 Å². The first-order valence-electron chi connectivity index (χ1n) is 5.33. The van der Waals surface area contributed by atoms with Crippen LogP contribution in [0.5, 0.6) is 0 Å². The van der Waals surface area contributed by atoms with Crippen molar-refractivity contribution in [3.8, 4) is 0 Å². The summed E-state index contributed by atoms with van der Waals surface area (Å²) < 4.78 is 0. The lowest BCUT2D eigenvalue weighted by Gasteiger charge is -2.06. The van der Waals surface area contributed by atoms with Gasteiger partial charge in [-0.1, -0.05) is 0 Å².